The molecule has 1 N–H and O–H groups in total. The summed E-state index contributed by atoms with van der Waals surface area (Å²) >= 11 is 0. The van der Waals surface area contributed by atoms with E-state index in [4.69, 9.17) is 4.74 Å². The van der Waals surface area contributed by atoms with Crippen molar-refractivity contribution < 1.29 is 14.3 Å². The Morgan fingerprint density at radius 1 is 1.29 bits per heavy atom. The topological polar surface area (TPSA) is 62.4 Å². The number of carbonyl (C=O) groups excluding carboxylic acids is 2. The lowest BCUT2D eigenvalue weighted by molar-refractivity contribution is -0.146. The average molecular weight is 288 g/mol. The van der Waals surface area contributed by atoms with Crippen LogP contribution in [0.4, 0.5) is 0 Å². The van der Waals surface area contributed by atoms with Gasteiger partial charge in [-0.2, -0.15) is 0 Å². The lowest BCUT2D eigenvalue weighted by Gasteiger charge is -2.08. The number of esters is 1. The average Bonchev–Trinajstić information content (AvgIpc) is 2.88. The number of ketones is 1. The molecule has 0 unspecified atom stereocenters. The van der Waals surface area contributed by atoms with Crippen molar-refractivity contribution in [3.05, 3.63) is 30.0 Å². The van der Waals surface area contributed by atoms with Gasteiger partial charge in [0, 0.05) is 24.5 Å². The molecule has 0 spiro atoms. The Morgan fingerprint density at radius 2 is 2.05 bits per heavy atom. The molecule has 0 atom stereocenters. The van der Waals surface area contributed by atoms with Crippen molar-refractivity contribution in [1.82, 2.24) is 9.88 Å². The van der Waals surface area contributed by atoms with Crippen LogP contribution in [-0.4, -0.2) is 42.3 Å². The SMILES string of the molecule is CCC(=O)C(=O)Oc1cccc2c(CCN(C)C)c[nH]c12. The number of fused-ring (bicyclic) bond motifs is 1. The zero-order chi connectivity index (χ0) is 15.4. The molecule has 2 rings (SSSR count). The summed E-state index contributed by atoms with van der Waals surface area (Å²) in [5, 5.41) is 1.02. The summed E-state index contributed by atoms with van der Waals surface area (Å²) in [5.74, 6) is -0.934. The van der Waals surface area contributed by atoms with Gasteiger partial charge in [0.2, 0.25) is 5.78 Å². The number of hydrogen-bond acceptors (Lipinski definition) is 4. The van der Waals surface area contributed by atoms with Gasteiger partial charge in [0.25, 0.3) is 0 Å². The minimum absolute atomic E-state index is 0.146. The highest BCUT2D eigenvalue weighted by molar-refractivity contribution is 6.34. The molecule has 5 nitrogen and oxygen atoms in total. The fraction of sp³-hybridized carbons (Fsp3) is 0.375. The Labute approximate surface area is 123 Å². The highest BCUT2D eigenvalue weighted by atomic mass is 16.5. The maximum absolute atomic E-state index is 11.6. The summed E-state index contributed by atoms with van der Waals surface area (Å²) in [4.78, 5) is 28.2. The molecule has 0 radical (unpaired) electrons. The minimum Gasteiger partial charge on any atom is -0.419 e. The van der Waals surface area contributed by atoms with Crippen LogP contribution in [0.1, 0.15) is 18.9 Å². The molecule has 0 bridgehead atoms. The molecule has 0 fully saturated rings. The first-order valence-corrected chi connectivity index (χ1v) is 7.01. The first-order chi connectivity index (χ1) is 10.0. The van der Waals surface area contributed by atoms with Crippen molar-refractivity contribution in [3.8, 4) is 5.75 Å². The van der Waals surface area contributed by atoms with Crippen LogP contribution in [-0.2, 0) is 16.0 Å². The van der Waals surface area contributed by atoms with Crippen molar-refractivity contribution in [2.45, 2.75) is 19.8 Å². The number of aromatic amines is 1. The van der Waals surface area contributed by atoms with Crippen LogP contribution in [0.15, 0.2) is 24.4 Å². The Balaban J connectivity index is 2.26. The lowest BCUT2D eigenvalue weighted by atomic mass is 10.1. The van der Waals surface area contributed by atoms with Crippen LogP contribution in [0.3, 0.4) is 0 Å². The molecule has 112 valence electrons. The number of ether oxygens (including phenoxy) is 1. The summed E-state index contributed by atoms with van der Waals surface area (Å²) < 4.78 is 5.19. The lowest BCUT2D eigenvalue weighted by Crippen LogP contribution is -2.19. The molecule has 1 heterocycles. The van der Waals surface area contributed by atoms with Gasteiger partial charge in [-0.25, -0.2) is 4.79 Å². The van der Waals surface area contributed by atoms with E-state index in [0.29, 0.717) is 5.75 Å². The number of hydrogen-bond donors (Lipinski definition) is 1. The number of benzene rings is 1. The van der Waals surface area contributed by atoms with Crippen LogP contribution in [0.25, 0.3) is 10.9 Å². The van der Waals surface area contributed by atoms with Gasteiger partial charge in [-0.15, -0.1) is 0 Å². The smallest absolute Gasteiger partial charge is 0.380 e. The third-order valence-electron chi connectivity index (χ3n) is 3.34. The molecule has 5 heteroatoms. The van der Waals surface area contributed by atoms with Crippen LogP contribution < -0.4 is 4.74 Å². The summed E-state index contributed by atoms with van der Waals surface area (Å²) in [6, 6.07) is 5.50. The van der Waals surface area contributed by atoms with Crippen LogP contribution in [0, 0.1) is 0 Å². The molecular formula is C16H20N2O3. The van der Waals surface area contributed by atoms with Crippen molar-refractivity contribution in [2.24, 2.45) is 0 Å². The second-order valence-corrected chi connectivity index (χ2v) is 5.21. The molecule has 0 aliphatic heterocycles. The van der Waals surface area contributed by atoms with Gasteiger partial charge in [-0.1, -0.05) is 19.1 Å². The highest BCUT2D eigenvalue weighted by Gasteiger charge is 2.16. The van der Waals surface area contributed by atoms with Gasteiger partial charge in [-0.3, -0.25) is 4.79 Å². The molecule has 2 aromatic rings. The highest BCUT2D eigenvalue weighted by Crippen LogP contribution is 2.27. The Kier molecular flexibility index (Phi) is 4.75. The van der Waals surface area contributed by atoms with E-state index in [-0.39, 0.29) is 6.42 Å². The first-order valence-electron chi connectivity index (χ1n) is 7.01. The quantitative estimate of drug-likeness (QED) is 0.502. The third-order valence-corrected chi connectivity index (χ3v) is 3.34. The number of H-pyrrole nitrogens is 1. The summed E-state index contributed by atoms with van der Waals surface area (Å²) in [7, 11) is 4.05. The van der Waals surface area contributed by atoms with Crippen molar-refractivity contribution >= 4 is 22.7 Å². The van der Waals surface area contributed by atoms with E-state index in [1.807, 2.05) is 32.4 Å². The van der Waals surface area contributed by atoms with Crippen LogP contribution in [0.2, 0.25) is 0 Å². The Bertz CT molecular complexity index is 659. The number of Topliss-reactive ketones (excluding diaryl/α,β-unsaturated/α-hetero) is 1. The first kappa shape index (κ1) is 15.3. The molecule has 0 saturated carbocycles. The number of aromatic nitrogens is 1. The van der Waals surface area contributed by atoms with Crippen molar-refractivity contribution in [3.63, 3.8) is 0 Å². The second-order valence-electron chi connectivity index (χ2n) is 5.21. The van der Waals surface area contributed by atoms with Gasteiger partial charge in [0.15, 0.2) is 5.75 Å². The van der Waals surface area contributed by atoms with E-state index < -0.39 is 11.8 Å². The van der Waals surface area contributed by atoms with E-state index in [2.05, 4.69) is 9.88 Å². The summed E-state index contributed by atoms with van der Waals surface area (Å²) in [6.45, 7) is 2.57. The Hall–Kier alpha value is -2.14. The van der Waals surface area contributed by atoms with Gasteiger partial charge in [0.1, 0.15) is 0 Å². The van der Waals surface area contributed by atoms with Crippen LogP contribution >= 0.6 is 0 Å². The molecule has 1 aromatic heterocycles. The number of nitrogens with one attached hydrogen (secondary N) is 1. The Morgan fingerprint density at radius 3 is 2.71 bits per heavy atom. The van der Waals surface area contributed by atoms with Crippen molar-refractivity contribution in [1.29, 1.82) is 0 Å². The standard InChI is InChI=1S/C16H20N2O3/c1-4-13(19)16(20)21-14-7-5-6-12-11(8-9-18(2)3)10-17-15(12)14/h5-7,10,17H,4,8-9H2,1-3H3. The van der Waals surface area contributed by atoms with E-state index in [0.717, 1.165) is 23.9 Å². The summed E-state index contributed by atoms with van der Waals surface area (Å²) in [6.07, 6.45) is 2.97. The molecule has 1 aromatic carbocycles. The molecule has 21 heavy (non-hydrogen) atoms. The number of carbonyl (C=O) groups is 2. The van der Waals surface area contributed by atoms with E-state index >= 15 is 0 Å². The fourth-order valence-corrected chi connectivity index (χ4v) is 2.12. The number of likely N-dealkylation sites (N-methyl/N-ethyl adjacent to an activating group) is 1. The zero-order valence-electron chi connectivity index (χ0n) is 12.6. The van der Waals surface area contributed by atoms with Gasteiger partial charge >= 0.3 is 5.97 Å². The predicted molar refractivity (Wildman–Crippen MR) is 81.5 cm³/mol. The number of nitrogens with zero attached hydrogens (tertiary/aromatic N) is 1. The maximum atomic E-state index is 11.6. The monoisotopic (exact) mass is 288 g/mol. The zero-order valence-corrected chi connectivity index (χ0v) is 12.6. The second kappa shape index (κ2) is 6.54. The molecular weight excluding hydrogens is 268 g/mol. The number of rotatable bonds is 6. The molecule has 0 amide bonds. The van der Waals surface area contributed by atoms with Gasteiger partial charge in [-0.05, 0) is 32.1 Å². The predicted octanol–water partition coefficient (Wildman–Crippen LogP) is 2.16. The minimum atomic E-state index is -0.811. The molecule has 0 aliphatic rings. The van der Waals surface area contributed by atoms with E-state index in [1.54, 1.807) is 13.0 Å². The fourth-order valence-electron chi connectivity index (χ4n) is 2.12. The normalized spacial score (nSPS) is 11.0. The molecule has 0 saturated heterocycles. The largest absolute Gasteiger partial charge is 0.419 e. The van der Waals surface area contributed by atoms with Crippen molar-refractivity contribution in [2.75, 3.05) is 20.6 Å². The third kappa shape index (κ3) is 3.49. The van der Waals surface area contributed by atoms with Crippen LogP contribution in [0.5, 0.6) is 5.75 Å². The van der Waals surface area contributed by atoms with E-state index in [1.165, 1.54) is 5.56 Å². The van der Waals surface area contributed by atoms with E-state index in [9.17, 15) is 9.59 Å². The number of para-hydroxylation sites is 1. The van der Waals surface area contributed by atoms with Gasteiger partial charge in [0.05, 0.1) is 5.52 Å². The summed E-state index contributed by atoms with van der Waals surface area (Å²) in [5.41, 5.74) is 1.92. The maximum Gasteiger partial charge on any atom is 0.380 e. The molecule has 0 aliphatic carbocycles. The van der Waals surface area contributed by atoms with Gasteiger partial charge < -0.3 is 14.6 Å².